The molecule has 0 fully saturated rings. The van der Waals surface area contributed by atoms with Gasteiger partial charge in [0.05, 0.1) is 11.7 Å². The Morgan fingerprint density at radius 3 is 2.37 bits per heavy atom. The number of phenolic OH excluding ortho intramolecular Hbond substituents is 1. The molecule has 19 heavy (non-hydrogen) atoms. The molecule has 3 heteroatoms. The molecule has 0 aromatic heterocycles. The minimum atomic E-state index is -0.244. The number of anilines is 1. The van der Waals surface area contributed by atoms with Crippen molar-refractivity contribution in [2.24, 2.45) is 0 Å². The number of hydrogen-bond acceptors (Lipinski definition) is 2. The first-order valence-electron chi connectivity index (χ1n) is 6.44. The molecule has 1 N–H and O–H groups in total. The molecule has 0 saturated heterocycles. The van der Waals surface area contributed by atoms with Crippen LogP contribution in [-0.4, -0.2) is 11.7 Å². The number of aromatic hydroxyl groups is 1. The third-order valence-corrected chi connectivity index (χ3v) is 3.36. The maximum atomic E-state index is 13.9. The molecule has 100 valence electrons. The lowest BCUT2D eigenvalue weighted by atomic mass is 10.0. The van der Waals surface area contributed by atoms with Crippen molar-refractivity contribution in [3.05, 3.63) is 59.9 Å². The normalized spacial score (nSPS) is 12.2. The summed E-state index contributed by atoms with van der Waals surface area (Å²) < 4.78 is 13.9. The molecule has 0 bridgehead atoms. The smallest absolute Gasteiger partial charge is 0.146 e. The van der Waals surface area contributed by atoms with Gasteiger partial charge in [-0.2, -0.15) is 0 Å². The van der Waals surface area contributed by atoms with Gasteiger partial charge in [0, 0.05) is 12.1 Å². The van der Waals surface area contributed by atoms with Gasteiger partial charge in [-0.25, -0.2) is 4.39 Å². The SMILES string of the molecule is CCN(c1ccccc1F)C(C)c1ccccc1O. The average Bonchev–Trinajstić information content (AvgIpc) is 2.42. The summed E-state index contributed by atoms with van der Waals surface area (Å²) in [6.45, 7) is 4.60. The molecule has 0 amide bonds. The first-order valence-corrected chi connectivity index (χ1v) is 6.44. The Bertz CT molecular complexity index is 556. The molecule has 0 aliphatic heterocycles. The molecule has 0 heterocycles. The van der Waals surface area contributed by atoms with Gasteiger partial charge < -0.3 is 10.0 Å². The predicted octanol–water partition coefficient (Wildman–Crippen LogP) is 4.12. The van der Waals surface area contributed by atoms with E-state index >= 15 is 0 Å². The van der Waals surface area contributed by atoms with E-state index in [2.05, 4.69) is 0 Å². The molecule has 2 aromatic carbocycles. The Hall–Kier alpha value is -2.03. The van der Waals surface area contributed by atoms with Crippen molar-refractivity contribution in [3.8, 4) is 5.75 Å². The van der Waals surface area contributed by atoms with Crippen LogP contribution in [0.25, 0.3) is 0 Å². The Labute approximate surface area is 113 Å². The highest BCUT2D eigenvalue weighted by atomic mass is 19.1. The molecule has 2 aromatic rings. The monoisotopic (exact) mass is 259 g/mol. The standard InChI is InChI=1S/C16H18FNO/c1-3-18(15-10-6-5-9-14(15)17)12(2)13-8-4-7-11-16(13)19/h4-12,19H,3H2,1-2H3. The number of para-hydroxylation sites is 2. The van der Waals surface area contributed by atoms with Gasteiger partial charge in [-0.1, -0.05) is 30.3 Å². The minimum Gasteiger partial charge on any atom is -0.508 e. The topological polar surface area (TPSA) is 23.5 Å². The summed E-state index contributed by atoms with van der Waals surface area (Å²) >= 11 is 0. The van der Waals surface area contributed by atoms with Gasteiger partial charge in [0.25, 0.3) is 0 Å². The van der Waals surface area contributed by atoms with Crippen LogP contribution in [0.2, 0.25) is 0 Å². The van der Waals surface area contributed by atoms with E-state index in [0.29, 0.717) is 12.2 Å². The summed E-state index contributed by atoms with van der Waals surface area (Å²) in [5, 5.41) is 9.92. The van der Waals surface area contributed by atoms with Crippen LogP contribution in [0.1, 0.15) is 25.5 Å². The predicted molar refractivity (Wildman–Crippen MR) is 75.9 cm³/mol. The molecule has 0 aliphatic carbocycles. The fourth-order valence-corrected chi connectivity index (χ4v) is 2.35. The lowest BCUT2D eigenvalue weighted by molar-refractivity contribution is 0.460. The highest BCUT2D eigenvalue weighted by molar-refractivity contribution is 5.51. The van der Waals surface area contributed by atoms with Crippen molar-refractivity contribution in [1.82, 2.24) is 0 Å². The summed E-state index contributed by atoms with van der Waals surface area (Å²) in [7, 11) is 0. The van der Waals surface area contributed by atoms with Crippen LogP contribution >= 0.6 is 0 Å². The van der Waals surface area contributed by atoms with E-state index in [9.17, 15) is 9.50 Å². The molecule has 2 nitrogen and oxygen atoms in total. The molecule has 0 spiro atoms. The van der Waals surface area contributed by atoms with Crippen LogP contribution in [0.5, 0.6) is 5.75 Å². The van der Waals surface area contributed by atoms with Gasteiger partial charge in [-0.05, 0) is 32.0 Å². The van der Waals surface area contributed by atoms with Crippen LogP contribution in [0.3, 0.4) is 0 Å². The second-order valence-corrected chi connectivity index (χ2v) is 4.47. The quantitative estimate of drug-likeness (QED) is 0.892. The fraction of sp³-hybridized carbons (Fsp3) is 0.250. The van der Waals surface area contributed by atoms with Crippen molar-refractivity contribution in [2.45, 2.75) is 19.9 Å². The first kappa shape index (κ1) is 13.4. The van der Waals surface area contributed by atoms with Crippen molar-refractivity contribution in [2.75, 3.05) is 11.4 Å². The van der Waals surface area contributed by atoms with Gasteiger partial charge in [-0.3, -0.25) is 0 Å². The minimum absolute atomic E-state index is 0.0944. The van der Waals surface area contributed by atoms with E-state index < -0.39 is 0 Å². The molecule has 0 saturated carbocycles. The third-order valence-electron chi connectivity index (χ3n) is 3.36. The zero-order chi connectivity index (χ0) is 13.8. The van der Waals surface area contributed by atoms with Gasteiger partial charge in [0.2, 0.25) is 0 Å². The summed E-state index contributed by atoms with van der Waals surface area (Å²) in [6.07, 6.45) is 0. The van der Waals surface area contributed by atoms with Crippen LogP contribution in [0.4, 0.5) is 10.1 Å². The Morgan fingerprint density at radius 2 is 1.74 bits per heavy atom. The van der Waals surface area contributed by atoms with E-state index in [-0.39, 0.29) is 17.6 Å². The fourth-order valence-electron chi connectivity index (χ4n) is 2.35. The molecule has 1 unspecified atom stereocenters. The van der Waals surface area contributed by atoms with E-state index in [1.54, 1.807) is 24.3 Å². The van der Waals surface area contributed by atoms with Gasteiger partial charge in [0.1, 0.15) is 11.6 Å². The lowest BCUT2D eigenvalue weighted by Crippen LogP contribution is -2.27. The Kier molecular flexibility index (Phi) is 4.05. The van der Waals surface area contributed by atoms with Crippen molar-refractivity contribution >= 4 is 5.69 Å². The molecule has 0 aliphatic rings. The van der Waals surface area contributed by atoms with Crippen LogP contribution in [0, 0.1) is 5.82 Å². The van der Waals surface area contributed by atoms with E-state index in [4.69, 9.17) is 0 Å². The number of rotatable bonds is 4. The van der Waals surface area contributed by atoms with Crippen molar-refractivity contribution in [3.63, 3.8) is 0 Å². The van der Waals surface area contributed by atoms with Gasteiger partial charge in [0.15, 0.2) is 0 Å². The maximum Gasteiger partial charge on any atom is 0.146 e. The number of halogens is 1. The number of hydrogen-bond donors (Lipinski definition) is 1. The number of phenols is 1. The molecular formula is C16H18FNO. The van der Waals surface area contributed by atoms with E-state index in [1.165, 1.54) is 6.07 Å². The zero-order valence-corrected chi connectivity index (χ0v) is 11.2. The van der Waals surface area contributed by atoms with E-state index in [0.717, 1.165) is 5.56 Å². The first-order chi connectivity index (χ1) is 9.15. The summed E-state index contributed by atoms with van der Waals surface area (Å²) in [4.78, 5) is 1.93. The van der Waals surface area contributed by atoms with Gasteiger partial charge >= 0.3 is 0 Å². The molecular weight excluding hydrogens is 241 g/mol. The van der Waals surface area contributed by atoms with Crippen molar-refractivity contribution in [1.29, 1.82) is 0 Å². The highest BCUT2D eigenvalue weighted by Gasteiger charge is 2.19. The van der Waals surface area contributed by atoms with Gasteiger partial charge in [-0.15, -0.1) is 0 Å². The maximum absolute atomic E-state index is 13.9. The second kappa shape index (κ2) is 5.74. The number of nitrogens with zero attached hydrogens (tertiary/aromatic N) is 1. The molecule has 0 radical (unpaired) electrons. The molecule has 1 atom stereocenters. The Morgan fingerprint density at radius 1 is 1.11 bits per heavy atom. The van der Waals surface area contributed by atoms with Crippen LogP contribution in [-0.2, 0) is 0 Å². The van der Waals surface area contributed by atoms with Crippen molar-refractivity contribution < 1.29 is 9.50 Å². The summed E-state index contributed by atoms with van der Waals surface area (Å²) in [5.41, 5.74) is 1.35. The zero-order valence-electron chi connectivity index (χ0n) is 11.2. The lowest BCUT2D eigenvalue weighted by Gasteiger charge is -2.31. The van der Waals surface area contributed by atoms with E-state index in [1.807, 2.05) is 36.9 Å². The number of benzene rings is 2. The summed E-state index contributed by atoms with van der Waals surface area (Å²) in [5.74, 6) is -0.00332. The Balaban J connectivity index is 2.38. The highest BCUT2D eigenvalue weighted by Crippen LogP contribution is 2.32. The van der Waals surface area contributed by atoms with Crippen LogP contribution in [0.15, 0.2) is 48.5 Å². The third kappa shape index (κ3) is 2.70. The summed E-state index contributed by atoms with van der Waals surface area (Å²) in [6, 6.07) is 13.8. The van der Waals surface area contributed by atoms with Crippen LogP contribution < -0.4 is 4.90 Å². The molecule has 2 rings (SSSR count). The second-order valence-electron chi connectivity index (χ2n) is 4.47. The average molecular weight is 259 g/mol. The largest absolute Gasteiger partial charge is 0.508 e.